The molecular formula is C29H26BrNO5. The van der Waals surface area contributed by atoms with Crippen LogP contribution in [0.4, 0.5) is 5.69 Å². The van der Waals surface area contributed by atoms with Gasteiger partial charge in [-0.15, -0.1) is 0 Å². The molecular weight excluding hydrogens is 522 g/mol. The number of hydrogen-bond acceptors (Lipinski definition) is 5. The number of ether oxygens (including phenoxy) is 1. The summed E-state index contributed by atoms with van der Waals surface area (Å²) in [5.41, 5.74) is 3.34. The first kappa shape index (κ1) is 25.4. The van der Waals surface area contributed by atoms with E-state index >= 15 is 0 Å². The number of amides is 1. The molecule has 0 aromatic heterocycles. The third-order valence-electron chi connectivity index (χ3n) is 5.85. The maximum absolute atomic E-state index is 13.3. The molecule has 36 heavy (non-hydrogen) atoms. The number of rotatable bonds is 6. The standard InChI is InChI=1S/C29H26BrNO5/c1-17(2)36-24(32)16-19-7-13-23(14-8-19)31-26(21-6-4-5-18(3)15-21)25(28(34)29(31)35)27(33)20-9-11-22(30)12-10-20/h4-15,17,26,33H,16H2,1-3H3/b27-25-. The minimum absolute atomic E-state index is 0.0255. The van der Waals surface area contributed by atoms with Gasteiger partial charge in [0.05, 0.1) is 24.1 Å². The van der Waals surface area contributed by atoms with Crippen molar-refractivity contribution in [3.63, 3.8) is 0 Å². The Hall–Kier alpha value is -3.71. The van der Waals surface area contributed by atoms with Gasteiger partial charge >= 0.3 is 5.97 Å². The number of aliphatic hydroxyl groups excluding tert-OH is 1. The van der Waals surface area contributed by atoms with Gasteiger partial charge in [-0.05, 0) is 56.2 Å². The smallest absolute Gasteiger partial charge is 0.310 e. The summed E-state index contributed by atoms with van der Waals surface area (Å²) in [6, 6.07) is 20.5. The lowest BCUT2D eigenvalue weighted by molar-refractivity contribution is -0.146. The fourth-order valence-corrected chi connectivity index (χ4v) is 4.53. The number of hydrogen-bond donors (Lipinski definition) is 1. The maximum atomic E-state index is 13.3. The van der Waals surface area contributed by atoms with Crippen LogP contribution in [0.3, 0.4) is 0 Å². The van der Waals surface area contributed by atoms with Gasteiger partial charge in [0.25, 0.3) is 11.7 Å². The fraction of sp³-hybridized carbons (Fsp3) is 0.207. The SMILES string of the molecule is Cc1cccc(C2/C(=C(/O)c3ccc(Br)cc3)C(=O)C(=O)N2c2ccc(CC(=O)OC(C)C)cc2)c1. The summed E-state index contributed by atoms with van der Waals surface area (Å²) in [5.74, 6) is -2.06. The monoisotopic (exact) mass is 547 g/mol. The number of carbonyl (C=O) groups is 3. The molecule has 0 spiro atoms. The summed E-state index contributed by atoms with van der Waals surface area (Å²) in [6.07, 6.45) is -0.106. The molecule has 4 rings (SSSR count). The zero-order chi connectivity index (χ0) is 26.0. The normalized spacial score (nSPS) is 17.0. The van der Waals surface area contributed by atoms with Crippen molar-refractivity contribution >= 4 is 45.0 Å². The summed E-state index contributed by atoms with van der Waals surface area (Å²) in [4.78, 5) is 40.0. The van der Waals surface area contributed by atoms with Gasteiger partial charge in [-0.25, -0.2) is 0 Å². The average Bonchev–Trinajstić information content (AvgIpc) is 3.09. The minimum Gasteiger partial charge on any atom is -0.507 e. The molecule has 0 radical (unpaired) electrons. The number of Topliss-reactive ketones (excluding diaryl/α,β-unsaturated/α-hetero) is 1. The van der Waals surface area contributed by atoms with Gasteiger partial charge in [0.15, 0.2) is 0 Å². The molecule has 0 saturated carbocycles. The predicted molar refractivity (Wildman–Crippen MR) is 141 cm³/mol. The third-order valence-corrected chi connectivity index (χ3v) is 6.38. The van der Waals surface area contributed by atoms with Crippen molar-refractivity contribution in [2.24, 2.45) is 0 Å². The highest BCUT2D eigenvalue weighted by Gasteiger charge is 2.47. The largest absolute Gasteiger partial charge is 0.507 e. The van der Waals surface area contributed by atoms with E-state index in [0.717, 1.165) is 15.6 Å². The van der Waals surface area contributed by atoms with E-state index in [0.29, 0.717) is 16.8 Å². The van der Waals surface area contributed by atoms with Crippen molar-refractivity contribution in [1.82, 2.24) is 0 Å². The van der Waals surface area contributed by atoms with Crippen molar-refractivity contribution in [2.75, 3.05) is 4.90 Å². The van der Waals surface area contributed by atoms with Gasteiger partial charge < -0.3 is 9.84 Å². The van der Waals surface area contributed by atoms with Gasteiger partial charge in [0, 0.05) is 15.7 Å². The van der Waals surface area contributed by atoms with Crippen molar-refractivity contribution in [2.45, 2.75) is 39.3 Å². The Labute approximate surface area is 218 Å². The molecule has 1 aliphatic rings. The second-order valence-electron chi connectivity index (χ2n) is 8.97. The van der Waals surface area contributed by atoms with E-state index < -0.39 is 17.7 Å². The van der Waals surface area contributed by atoms with Crippen LogP contribution in [-0.4, -0.2) is 28.9 Å². The summed E-state index contributed by atoms with van der Waals surface area (Å²) < 4.78 is 6.03. The molecule has 1 atom stereocenters. The average molecular weight is 548 g/mol. The van der Waals surface area contributed by atoms with E-state index in [2.05, 4.69) is 15.9 Å². The van der Waals surface area contributed by atoms with Gasteiger partial charge in [-0.2, -0.15) is 0 Å². The van der Waals surface area contributed by atoms with E-state index in [1.165, 1.54) is 4.90 Å². The van der Waals surface area contributed by atoms with Gasteiger partial charge in [0.2, 0.25) is 0 Å². The van der Waals surface area contributed by atoms with E-state index in [-0.39, 0.29) is 29.8 Å². The van der Waals surface area contributed by atoms with Crippen LogP contribution < -0.4 is 4.90 Å². The highest BCUT2D eigenvalue weighted by Crippen LogP contribution is 2.42. The number of ketones is 1. The number of anilines is 1. The second kappa shape index (κ2) is 10.5. The summed E-state index contributed by atoms with van der Waals surface area (Å²) >= 11 is 3.37. The predicted octanol–water partition coefficient (Wildman–Crippen LogP) is 5.88. The van der Waals surface area contributed by atoms with E-state index in [1.807, 2.05) is 31.2 Å². The van der Waals surface area contributed by atoms with Crippen molar-refractivity contribution in [3.8, 4) is 0 Å². The Morgan fingerprint density at radius 3 is 2.31 bits per heavy atom. The zero-order valence-electron chi connectivity index (χ0n) is 20.2. The highest BCUT2D eigenvalue weighted by molar-refractivity contribution is 9.10. The number of aliphatic hydroxyl groups is 1. The van der Waals surface area contributed by atoms with Crippen LogP contribution in [0.5, 0.6) is 0 Å². The lowest BCUT2D eigenvalue weighted by Crippen LogP contribution is -2.29. The number of esters is 1. The molecule has 6 nitrogen and oxygen atoms in total. The van der Waals surface area contributed by atoms with E-state index in [9.17, 15) is 19.5 Å². The van der Waals surface area contributed by atoms with Gasteiger partial charge in [0.1, 0.15) is 5.76 Å². The topological polar surface area (TPSA) is 83.9 Å². The molecule has 1 heterocycles. The fourth-order valence-electron chi connectivity index (χ4n) is 4.26. The van der Waals surface area contributed by atoms with Crippen LogP contribution >= 0.6 is 15.9 Å². The number of halogens is 1. The lowest BCUT2D eigenvalue weighted by atomic mass is 9.94. The molecule has 0 bridgehead atoms. The Kier molecular flexibility index (Phi) is 7.40. The van der Waals surface area contributed by atoms with Crippen LogP contribution in [-0.2, 0) is 25.5 Å². The Morgan fingerprint density at radius 2 is 1.69 bits per heavy atom. The Balaban J connectivity index is 1.78. The molecule has 1 saturated heterocycles. The third kappa shape index (κ3) is 5.26. The Morgan fingerprint density at radius 1 is 1.03 bits per heavy atom. The molecule has 1 unspecified atom stereocenters. The molecule has 1 aliphatic heterocycles. The summed E-state index contributed by atoms with van der Waals surface area (Å²) in [6.45, 7) is 5.50. The summed E-state index contributed by atoms with van der Waals surface area (Å²) in [5, 5.41) is 11.2. The Bertz CT molecular complexity index is 1340. The van der Waals surface area contributed by atoms with Gasteiger partial charge in [-0.1, -0.05) is 70.0 Å². The van der Waals surface area contributed by atoms with Crippen molar-refractivity contribution < 1.29 is 24.2 Å². The molecule has 3 aromatic rings. The number of carbonyl (C=O) groups excluding carboxylic acids is 3. The molecule has 1 N–H and O–H groups in total. The minimum atomic E-state index is -0.815. The second-order valence-corrected chi connectivity index (χ2v) is 9.89. The molecule has 1 amide bonds. The van der Waals surface area contributed by atoms with Crippen LogP contribution in [0.15, 0.2) is 82.8 Å². The maximum Gasteiger partial charge on any atom is 0.310 e. The van der Waals surface area contributed by atoms with Crippen LogP contribution in [0.25, 0.3) is 5.76 Å². The molecule has 7 heteroatoms. The van der Waals surface area contributed by atoms with Crippen molar-refractivity contribution in [1.29, 1.82) is 0 Å². The molecule has 3 aromatic carbocycles. The lowest BCUT2D eigenvalue weighted by Gasteiger charge is -2.26. The number of nitrogens with zero attached hydrogens (tertiary/aromatic N) is 1. The van der Waals surface area contributed by atoms with Crippen LogP contribution in [0, 0.1) is 6.92 Å². The number of aryl methyl sites for hydroxylation is 1. The van der Waals surface area contributed by atoms with E-state index in [4.69, 9.17) is 4.74 Å². The molecule has 0 aliphatic carbocycles. The van der Waals surface area contributed by atoms with Gasteiger partial charge in [-0.3, -0.25) is 19.3 Å². The highest BCUT2D eigenvalue weighted by atomic mass is 79.9. The molecule has 1 fully saturated rings. The zero-order valence-corrected chi connectivity index (χ0v) is 21.8. The van der Waals surface area contributed by atoms with Crippen LogP contribution in [0.2, 0.25) is 0 Å². The first-order chi connectivity index (χ1) is 17.2. The summed E-state index contributed by atoms with van der Waals surface area (Å²) in [7, 11) is 0. The van der Waals surface area contributed by atoms with Crippen molar-refractivity contribution in [3.05, 3.63) is 105 Å². The first-order valence-electron chi connectivity index (χ1n) is 11.6. The van der Waals surface area contributed by atoms with E-state index in [1.54, 1.807) is 62.4 Å². The quantitative estimate of drug-likeness (QED) is 0.180. The van der Waals surface area contributed by atoms with Crippen LogP contribution in [0.1, 0.15) is 42.1 Å². The molecule has 184 valence electrons. The first-order valence-corrected chi connectivity index (χ1v) is 12.4. The number of benzene rings is 3.